The van der Waals surface area contributed by atoms with Gasteiger partial charge in [-0.1, -0.05) is 18.7 Å². The average molecular weight is 215 g/mol. The van der Waals surface area contributed by atoms with Crippen LogP contribution in [-0.4, -0.2) is 31.5 Å². The Morgan fingerprint density at radius 2 is 2.43 bits per heavy atom. The van der Waals surface area contributed by atoms with Gasteiger partial charge in [-0.2, -0.15) is 0 Å². The molecule has 14 heavy (non-hydrogen) atoms. The monoisotopic (exact) mass is 215 g/mol. The van der Waals surface area contributed by atoms with E-state index in [9.17, 15) is 4.79 Å². The summed E-state index contributed by atoms with van der Waals surface area (Å²) in [7, 11) is 0. The van der Waals surface area contributed by atoms with E-state index in [0.29, 0.717) is 5.16 Å². The highest BCUT2D eigenvalue weighted by Crippen LogP contribution is 2.18. The van der Waals surface area contributed by atoms with Gasteiger partial charge in [-0.05, 0) is 13.3 Å². The smallest absolute Gasteiger partial charge is 0.316 e. The maximum atomic E-state index is 10.5. The van der Waals surface area contributed by atoms with Crippen molar-refractivity contribution < 1.29 is 9.90 Å². The van der Waals surface area contributed by atoms with E-state index in [2.05, 4.69) is 22.1 Å². The quantitative estimate of drug-likeness (QED) is 0.724. The molecule has 2 N–H and O–H groups in total. The van der Waals surface area contributed by atoms with Crippen LogP contribution in [0, 0.1) is 0 Å². The molecule has 1 atom stereocenters. The van der Waals surface area contributed by atoms with E-state index in [-0.39, 0.29) is 0 Å². The minimum atomic E-state index is -0.850. The molecule has 1 unspecified atom stereocenters. The number of aromatic amines is 1. The first-order valence-electron chi connectivity index (χ1n) is 4.44. The Morgan fingerprint density at radius 1 is 1.71 bits per heavy atom. The first-order valence-corrected chi connectivity index (χ1v) is 5.32. The highest BCUT2D eigenvalue weighted by molar-refractivity contribution is 8.00. The molecule has 1 heterocycles. The Morgan fingerprint density at radius 3 is 3.00 bits per heavy atom. The lowest BCUT2D eigenvalue weighted by atomic mass is 10.3. The number of nitrogens with one attached hydrogen (secondary N) is 1. The Labute approximate surface area is 86.3 Å². The summed E-state index contributed by atoms with van der Waals surface area (Å²) in [6, 6.07) is 0. The number of aliphatic carboxylic acids is 1. The summed E-state index contributed by atoms with van der Waals surface area (Å²) in [6.07, 6.45) is 1.84. The van der Waals surface area contributed by atoms with Crippen molar-refractivity contribution in [2.24, 2.45) is 0 Å². The van der Waals surface area contributed by atoms with Crippen molar-refractivity contribution in [3.05, 3.63) is 5.82 Å². The van der Waals surface area contributed by atoms with Crippen LogP contribution in [0.2, 0.25) is 0 Å². The topological polar surface area (TPSA) is 78.9 Å². The fourth-order valence-electron chi connectivity index (χ4n) is 0.888. The summed E-state index contributed by atoms with van der Waals surface area (Å²) in [5.41, 5.74) is 0. The average Bonchev–Trinajstić information content (AvgIpc) is 2.53. The molecule has 0 fully saturated rings. The van der Waals surface area contributed by atoms with Crippen LogP contribution in [0.25, 0.3) is 0 Å². The molecule has 5 nitrogen and oxygen atoms in total. The molecule has 0 spiro atoms. The molecule has 6 heteroatoms. The predicted molar refractivity (Wildman–Crippen MR) is 53.3 cm³/mol. The number of carboxylic acids is 1. The standard InChI is InChI=1S/C8H13N3O2S/c1-3-4-6-9-8(11-10-6)14-5(2)7(12)13/h5H,3-4H2,1-2H3,(H,12,13)(H,9,10,11). The molecular formula is C8H13N3O2S. The molecule has 0 saturated heterocycles. The van der Waals surface area contributed by atoms with Crippen molar-refractivity contribution in [1.82, 2.24) is 15.2 Å². The number of carbonyl (C=O) groups is 1. The number of rotatable bonds is 5. The maximum absolute atomic E-state index is 10.5. The van der Waals surface area contributed by atoms with Crippen LogP contribution in [0.3, 0.4) is 0 Å². The van der Waals surface area contributed by atoms with Gasteiger partial charge < -0.3 is 5.11 Å². The van der Waals surface area contributed by atoms with Crippen molar-refractivity contribution in [2.75, 3.05) is 0 Å². The summed E-state index contributed by atoms with van der Waals surface area (Å²) in [6.45, 7) is 3.66. The SMILES string of the molecule is CCCc1nc(SC(C)C(=O)O)n[nH]1. The first-order chi connectivity index (χ1) is 6.63. The molecule has 0 aliphatic carbocycles. The molecule has 1 rings (SSSR count). The zero-order valence-corrected chi connectivity index (χ0v) is 8.97. The van der Waals surface area contributed by atoms with E-state index in [1.54, 1.807) is 6.92 Å². The molecule has 0 bridgehead atoms. The van der Waals surface area contributed by atoms with E-state index in [4.69, 9.17) is 5.11 Å². The minimum absolute atomic E-state index is 0.503. The summed E-state index contributed by atoms with van der Waals surface area (Å²) in [4.78, 5) is 14.7. The van der Waals surface area contributed by atoms with Crippen LogP contribution < -0.4 is 0 Å². The van der Waals surface area contributed by atoms with Gasteiger partial charge in [-0.15, -0.1) is 5.10 Å². The fourth-order valence-corrected chi connectivity index (χ4v) is 1.57. The van der Waals surface area contributed by atoms with Crippen LogP contribution in [0.4, 0.5) is 0 Å². The first kappa shape index (κ1) is 11.0. The molecular weight excluding hydrogens is 202 g/mol. The van der Waals surface area contributed by atoms with Gasteiger partial charge in [0.2, 0.25) is 5.16 Å². The third-order valence-corrected chi connectivity index (χ3v) is 2.58. The zero-order valence-electron chi connectivity index (χ0n) is 8.15. The van der Waals surface area contributed by atoms with Crippen LogP contribution in [0.5, 0.6) is 0 Å². The lowest BCUT2D eigenvalue weighted by molar-refractivity contribution is -0.136. The van der Waals surface area contributed by atoms with E-state index in [0.717, 1.165) is 30.4 Å². The second-order valence-corrected chi connectivity index (χ2v) is 4.22. The molecule has 0 radical (unpaired) electrons. The van der Waals surface area contributed by atoms with Crippen LogP contribution >= 0.6 is 11.8 Å². The van der Waals surface area contributed by atoms with Crippen molar-refractivity contribution in [3.63, 3.8) is 0 Å². The van der Waals surface area contributed by atoms with Crippen molar-refractivity contribution in [3.8, 4) is 0 Å². The molecule has 0 aromatic carbocycles. The number of hydrogen-bond acceptors (Lipinski definition) is 4. The van der Waals surface area contributed by atoms with Gasteiger partial charge in [-0.3, -0.25) is 9.89 Å². The molecule has 78 valence electrons. The van der Waals surface area contributed by atoms with Gasteiger partial charge >= 0.3 is 5.97 Å². The van der Waals surface area contributed by atoms with Gasteiger partial charge in [0, 0.05) is 6.42 Å². The molecule has 0 aliphatic heterocycles. The summed E-state index contributed by atoms with van der Waals surface area (Å²) in [5.74, 6) is -0.0376. The van der Waals surface area contributed by atoms with E-state index >= 15 is 0 Å². The van der Waals surface area contributed by atoms with Crippen molar-refractivity contribution >= 4 is 17.7 Å². The van der Waals surface area contributed by atoms with Crippen LogP contribution in [-0.2, 0) is 11.2 Å². The van der Waals surface area contributed by atoms with Crippen molar-refractivity contribution in [1.29, 1.82) is 0 Å². The summed E-state index contributed by atoms with van der Waals surface area (Å²) >= 11 is 1.15. The number of carboxylic acid groups (broad SMARTS) is 1. The van der Waals surface area contributed by atoms with Gasteiger partial charge in [0.25, 0.3) is 0 Å². The second-order valence-electron chi connectivity index (χ2n) is 2.91. The van der Waals surface area contributed by atoms with Gasteiger partial charge in [0.15, 0.2) is 0 Å². The molecule has 0 saturated carbocycles. The maximum Gasteiger partial charge on any atom is 0.316 e. The minimum Gasteiger partial charge on any atom is -0.480 e. The van der Waals surface area contributed by atoms with Crippen molar-refractivity contribution in [2.45, 2.75) is 37.1 Å². The van der Waals surface area contributed by atoms with E-state index < -0.39 is 11.2 Å². The van der Waals surface area contributed by atoms with Crippen LogP contribution in [0.1, 0.15) is 26.1 Å². The summed E-state index contributed by atoms with van der Waals surface area (Å²) in [5, 5.41) is 15.4. The summed E-state index contributed by atoms with van der Waals surface area (Å²) < 4.78 is 0. The largest absolute Gasteiger partial charge is 0.480 e. The molecule has 1 aromatic rings. The number of H-pyrrole nitrogens is 1. The number of thioether (sulfide) groups is 1. The third kappa shape index (κ3) is 3.02. The Bertz CT molecular complexity index is 313. The Kier molecular flexibility index (Phi) is 3.94. The lowest BCUT2D eigenvalue weighted by Gasteiger charge is -1.99. The van der Waals surface area contributed by atoms with Gasteiger partial charge in [-0.25, -0.2) is 4.98 Å². The van der Waals surface area contributed by atoms with Gasteiger partial charge in [0.05, 0.1) is 0 Å². The number of aromatic nitrogens is 3. The Balaban J connectivity index is 2.55. The Hall–Kier alpha value is -1.04. The fraction of sp³-hybridized carbons (Fsp3) is 0.625. The normalized spacial score (nSPS) is 12.7. The molecule has 0 aliphatic rings. The predicted octanol–water partition coefficient (Wildman–Crippen LogP) is 1.32. The number of aryl methyl sites for hydroxylation is 1. The highest BCUT2D eigenvalue weighted by Gasteiger charge is 2.15. The zero-order chi connectivity index (χ0) is 10.6. The third-order valence-electron chi connectivity index (χ3n) is 1.63. The second kappa shape index (κ2) is 4.99. The highest BCUT2D eigenvalue weighted by atomic mass is 32.2. The van der Waals surface area contributed by atoms with Gasteiger partial charge in [0.1, 0.15) is 11.1 Å². The molecule has 1 aromatic heterocycles. The van der Waals surface area contributed by atoms with E-state index in [1.165, 1.54) is 0 Å². The number of nitrogens with zero attached hydrogens (tertiary/aromatic N) is 2. The molecule has 0 amide bonds. The lowest BCUT2D eigenvalue weighted by Crippen LogP contribution is -2.11. The van der Waals surface area contributed by atoms with Crippen LogP contribution in [0.15, 0.2) is 5.16 Å². The van der Waals surface area contributed by atoms with E-state index in [1.807, 2.05) is 0 Å². The number of hydrogen-bond donors (Lipinski definition) is 2.